The quantitative estimate of drug-likeness (QED) is 0.112. The standard InChI is InChI=1S/C26H33N2O.C26H33N2S.C26H27N2.C22H27N2.C16H23N2/c2*1-16(2)19-15-20-18-11-9-10-12-21(18)29-24(20)22(17(3)4)23(19)28-14-13-27(8)25(28)26(5,6)7;1-26(2,3)25-27(4)18-19-28(25)24-22(20-12-7-5-8-13-20)16-11-17-23(24)21-14-9-6-10-15-21;1-16-11-10-12-17(2)20(16)24-15-19(22(3,4)5)23(6)21(24)18-13-8-7-9-14-18;1-12-8-7-9-13(2)15(12)18-10-14(16(3,4)5)17(6)11-18/h2*9-17H,1-8H3;5-19H,1-4H3;7-15H,1-6H3;7-11H,1-6H3/q5*+1. The van der Waals surface area contributed by atoms with Gasteiger partial charge in [-0.05, 0) is 183 Å². The van der Waals surface area contributed by atoms with Gasteiger partial charge < -0.3 is 4.42 Å². The van der Waals surface area contributed by atoms with Gasteiger partial charge in [-0.1, -0.05) is 267 Å². The number of aromatic nitrogens is 10. The maximum absolute atomic E-state index is 6.45. The number of rotatable bonds is 12. The summed E-state index contributed by atoms with van der Waals surface area (Å²) in [6.07, 6.45) is 19.9. The van der Waals surface area contributed by atoms with Gasteiger partial charge in [-0.3, -0.25) is 0 Å². The van der Waals surface area contributed by atoms with Crippen LogP contribution in [0.25, 0.3) is 104 Å². The van der Waals surface area contributed by atoms with E-state index < -0.39 is 0 Å². The van der Waals surface area contributed by atoms with Crippen LogP contribution in [0.15, 0.2) is 267 Å². The molecule has 12 heteroatoms. The predicted octanol–water partition coefficient (Wildman–Crippen LogP) is 28.0. The molecule has 0 aliphatic rings. The van der Waals surface area contributed by atoms with Crippen LogP contribution in [0.1, 0.15) is 256 Å². The van der Waals surface area contributed by atoms with Crippen molar-refractivity contribution in [2.45, 2.75) is 238 Å². The molecular formula is C116H143N10OS+5. The van der Waals surface area contributed by atoms with Crippen LogP contribution in [0, 0.1) is 27.7 Å². The zero-order valence-corrected chi connectivity index (χ0v) is 83.7. The summed E-state index contributed by atoms with van der Waals surface area (Å²) in [5, 5.41) is 5.23. The van der Waals surface area contributed by atoms with Crippen LogP contribution in [-0.4, -0.2) is 22.8 Å². The number of aryl methyl sites for hydroxylation is 8. The largest absolute Gasteiger partial charge is 0.456 e. The van der Waals surface area contributed by atoms with E-state index in [0.717, 1.165) is 11.2 Å². The van der Waals surface area contributed by atoms with Crippen molar-refractivity contribution in [1.82, 2.24) is 22.8 Å². The molecule has 10 aromatic carbocycles. The van der Waals surface area contributed by atoms with Crippen molar-refractivity contribution in [3.8, 4) is 62.1 Å². The number of thiophene rings is 1. The molecule has 0 unspecified atom stereocenters. The van der Waals surface area contributed by atoms with Gasteiger partial charge in [0.15, 0.2) is 0 Å². The van der Waals surface area contributed by atoms with Crippen molar-refractivity contribution in [3.63, 3.8) is 0 Å². The van der Waals surface area contributed by atoms with E-state index in [1.807, 2.05) is 17.4 Å². The zero-order valence-electron chi connectivity index (χ0n) is 82.9. The molecule has 0 saturated carbocycles. The van der Waals surface area contributed by atoms with E-state index in [1.54, 1.807) is 0 Å². The number of imidazole rings is 5. The average Bonchev–Trinajstić information content (AvgIpc) is 1.59. The van der Waals surface area contributed by atoms with Gasteiger partial charge in [0.1, 0.15) is 101 Å². The smallest absolute Gasteiger partial charge is 0.294 e. The second-order valence-electron chi connectivity index (χ2n) is 41.8. The number of fused-ring (bicyclic) bond motifs is 6. The molecule has 128 heavy (non-hydrogen) atoms. The molecule has 664 valence electrons. The Kier molecular flexibility index (Phi) is 27.3. The van der Waals surface area contributed by atoms with Crippen LogP contribution in [-0.2, 0) is 62.3 Å². The lowest BCUT2D eigenvalue weighted by atomic mass is 9.88. The first-order chi connectivity index (χ1) is 60.3. The SMILES string of the molecule is CC(C)c1cc2c(oc3ccccc32)c(C(C)C)c1-n1cc[n+](C)c1C(C)(C)C.CC(C)c1cc2c(sc3ccccc32)c(C(C)C)c1-n1cc[n+](C)c1C(C)(C)C.C[n+]1ccn(-c2c(-c3ccccc3)cccc2-c2ccccc2)c1C(C)(C)C.Cc1cccc(C)c1-[n+]1cc(C(C)(C)C)n(C)c1.Cc1cccc(C)c1-[n+]1cc(C(C)(C)C)n(C)c1-c1ccccc1. The van der Waals surface area contributed by atoms with E-state index in [-0.39, 0.29) is 27.1 Å². The van der Waals surface area contributed by atoms with Crippen molar-refractivity contribution in [2.75, 3.05) is 0 Å². The third-order valence-corrected chi connectivity index (χ3v) is 26.0. The monoisotopic (exact) mass is 1720 g/mol. The van der Waals surface area contributed by atoms with E-state index in [2.05, 4.69) is 524 Å². The van der Waals surface area contributed by atoms with Crippen LogP contribution >= 0.6 is 11.3 Å². The van der Waals surface area contributed by atoms with Gasteiger partial charge in [0, 0.05) is 75.2 Å². The number of furan rings is 1. The molecule has 17 aromatic rings. The number of para-hydroxylation sites is 4. The molecule has 0 bridgehead atoms. The van der Waals surface area contributed by atoms with Crippen molar-refractivity contribution in [3.05, 3.63) is 336 Å². The van der Waals surface area contributed by atoms with Gasteiger partial charge in [0.05, 0.1) is 57.0 Å². The molecule has 0 N–H and O–H groups in total. The molecule has 0 radical (unpaired) electrons. The fourth-order valence-corrected chi connectivity index (χ4v) is 20.9. The highest BCUT2D eigenvalue weighted by Gasteiger charge is 2.39. The molecule has 0 atom stereocenters. The third-order valence-electron chi connectivity index (χ3n) is 24.8. The summed E-state index contributed by atoms with van der Waals surface area (Å²) in [7, 11) is 10.7. The van der Waals surface area contributed by atoms with Gasteiger partial charge in [-0.25, -0.2) is 27.4 Å². The highest BCUT2D eigenvalue weighted by Crippen LogP contribution is 2.47. The van der Waals surface area contributed by atoms with Crippen LogP contribution in [0.2, 0.25) is 0 Å². The Morgan fingerprint density at radius 1 is 0.359 bits per heavy atom. The van der Waals surface area contributed by atoms with Gasteiger partial charge in [-0.2, -0.15) is 18.3 Å². The van der Waals surface area contributed by atoms with Crippen LogP contribution in [0.5, 0.6) is 0 Å². The lowest BCUT2D eigenvalue weighted by Gasteiger charge is -2.22. The van der Waals surface area contributed by atoms with Crippen LogP contribution in [0.4, 0.5) is 0 Å². The summed E-state index contributed by atoms with van der Waals surface area (Å²) in [5.74, 6) is 6.75. The highest BCUT2D eigenvalue weighted by atomic mass is 32.1. The Morgan fingerprint density at radius 2 is 0.750 bits per heavy atom. The second kappa shape index (κ2) is 37.2. The Balaban J connectivity index is 0.000000138. The molecule has 0 fully saturated rings. The summed E-state index contributed by atoms with van der Waals surface area (Å²) in [4.78, 5) is 0. The summed E-state index contributed by atoms with van der Waals surface area (Å²) in [6.45, 7) is 61.3. The van der Waals surface area contributed by atoms with Gasteiger partial charge in [0.25, 0.3) is 23.3 Å². The Hall–Kier alpha value is -11.7. The second-order valence-corrected chi connectivity index (χ2v) is 42.8. The Bertz CT molecular complexity index is 6510. The molecule has 17 rings (SSSR count). The third kappa shape index (κ3) is 19.1. The molecule has 7 aromatic heterocycles. The first-order valence-electron chi connectivity index (χ1n) is 46.1. The fraction of sp³-hybridized carbons (Fsp3) is 0.353. The molecule has 0 aliphatic carbocycles. The van der Waals surface area contributed by atoms with E-state index in [1.165, 1.54) is 166 Å². The number of hydrogen-bond acceptors (Lipinski definition) is 2. The number of hydrogen-bond donors (Lipinski definition) is 0. The molecule has 0 amide bonds. The van der Waals surface area contributed by atoms with Crippen molar-refractivity contribution < 1.29 is 27.3 Å². The first-order valence-corrected chi connectivity index (χ1v) is 46.9. The minimum Gasteiger partial charge on any atom is -0.456 e. The maximum Gasteiger partial charge on any atom is 0.294 e. The molecule has 11 nitrogen and oxygen atoms in total. The maximum atomic E-state index is 6.45. The first kappa shape index (κ1) is 93.9. The zero-order chi connectivity index (χ0) is 92.9. The lowest BCUT2D eigenvalue weighted by Crippen LogP contribution is -2.39. The normalized spacial score (nSPS) is 12.2. The highest BCUT2D eigenvalue weighted by molar-refractivity contribution is 7.26. The number of nitrogens with zero attached hydrogens (tertiary/aromatic N) is 10. The summed E-state index contributed by atoms with van der Waals surface area (Å²) in [6, 6.07) is 73.6. The lowest BCUT2D eigenvalue weighted by molar-refractivity contribution is -0.681. The molecule has 0 spiro atoms. The van der Waals surface area contributed by atoms with E-state index in [4.69, 9.17) is 4.42 Å². The van der Waals surface area contributed by atoms with E-state index in [9.17, 15) is 0 Å². The van der Waals surface area contributed by atoms with Gasteiger partial charge in [-0.15, -0.1) is 11.3 Å². The topological polar surface area (TPSA) is 57.2 Å². The van der Waals surface area contributed by atoms with Crippen molar-refractivity contribution >= 4 is 53.4 Å². The van der Waals surface area contributed by atoms with Crippen LogP contribution < -0.4 is 22.8 Å². The molecule has 7 heterocycles. The summed E-state index contributed by atoms with van der Waals surface area (Å²) >= 11 is 1.95. The average molecular weight is 1730 g/mol. The Labute approximate surface area is 769 Å². The van der Waals surface area contributed by atoms with Crippen LogP contribution in [0.3, 0.4) is 0 Å². The summed E-state index contributed by atoms with van der Waals surface area (Å²) in [5.41, 5.74) is 28.4. The minimum atomic E-state index is 0.00993. The minimum absolute atomic E-state index is 0.00993. The summed E-state index contributed by atoms with van der Waals surface area (Å²) < 4.78 is 32.4. The van der Waals surface area contributed by atoms with E-state index >= 15 is 0 Å². The Morgan fingerprint density at radius 3 is 1.18 bits per heavy atom. The van der Waals surface area contributed by atoms with E-state index in [0.29, 0.717) is 23.7 Å². The molecular weight excluding hydrogens is 1580 g/mol. The van der Waals surface area contributed by atoms with Crippen molar-refractivity contribution in [1.29, 1.82) is 0 Å². The molecule has 0 saturated heterocycles. The predicted molar refractivity (Wildman–Crippen MR) is 540 cm³/mol. The number of benzene rings is 10. The fourth-order valence-electron chi connectivity index (χ4n) is 19.5. The van der Waals surface area contributed by atoms with Gasteiger partial charge in [0.2, 0.25) is 6.33 Å². The van der Waals surface area contributed by atoms with Crippen molar-refractivity contribution in [2.24, 2.45) is 35.2 Å². The molecule has 0 aliphatic heterocycles. The van der Waals surface area contributed by atoms with Gasteiger partial charge >= 0.3 is 0 Å².